The van der Waals surface area contributed by atoms with E-state index in [9.17, 15) is 14.9 Å². The number of nitrogens with zero attached hydrogens (tertiary/aromatic N) is 4. The predicted molar refractivity (Wildman–Crippen MR) is 126 cm³/mol. The smallest absolute Gasteiger partial charge is 0.241 e. The number of piperazine rings is 1. The van der Waals surface area contributed by atoms with Crippen LogP contribution < -0.4 is 0 Å². The Kier molecular flexibility index (Phi) is 4.26. The number of hydrogen-bond acceptors (Lipinski definition) is 4. The van der Waals surface area contributed by atoms with E-state index in [0.29, 0.717) is 12.5 Å². The van der Waals surface area contributed by atoms with Crippen molar-refractivity contribution in [2.75, 3.05) is 13.1 Å². The maximum atomic E-state index is 13.7. The first-order chi connectivity index (χ1) is 16.6. The zero-order chi connectivity index (χ0) is 23.1. The van der Waals surface area contributed by atoms with Crippen molar-refractivity contribution in [3.63, 3.8) is 0 Å². The van der Waals surface area contributed by atoms with Gasteiger partial charge in [0.05, 0.1) is 18.2 Å². The normalized spacial score (nSPS) is 31.9. The van der Waals surface area contributed by atoms with Gasteiger partial charge in [0.15, 0.2) is 0 Å². The summed E-state index contributed by atoms with van der Waals surface area (Å²) in [5.74, 6) is 0.590. The summed E-state index contributed by atoms with van der Waals surface area (Å²) in [5.41, 5.74) is 4.89. The van der Waals surface area contributed by atoms with Gasteiger partial charge in [-0.05, 0) is 47.4 Å². The third kappa shape index (κ3) is 2.71. The molecular formula is C28H28N4O2. The van der Waals surface area contributed by atoms with Crippen molar-refractivity contribution in [3.05, 3.63) is 59.7 Å². The van der Waals surface area contributed by atoms with Gasteiger partial charge in [-0.1, -0.05) is 55.5 Å². The average Bonchev–Trinajstić information content (AvgIpc) is 3.15. The molecule has 34 heavy (non-hydrogen) atoms. The molecule has 3 saturated heterocycles. The van der Waals surface area contributed by atoms with E-state index in [1.54, 1.807) is 0 Å². The summed E-state index contributed by atoms with van der Waals surface area (Å²) in [6.07, 6.45) is 2.70. The van der Waals surface area contributed by atoms with Gasteiger partial charge in [0.2, 0.25) is 11.8 Å². The molecule has 6 heteroatoms. The third-order valence-corrected chi connectivity index (χ3v) is 8.83. The van der Waals surface area contributed by atoms with Gasteiger partial charge < -0.3 is 9.80 Å². The van der Waals surface area contributed by atoms with Crippen LogP contribution in [0.3, 0.4) is 0 Å². The predicted octanol–water partition coefficient (Wildman–Crippen LogP) is 3.19. The number of fused-ring (bicyclic) bond motifs is 6. The molecule has 0 N–H and O–H groups in total. The summed E-state index contributed by atoms with van der Waals surface area (Å²) in [6.45, 7) is 3.36. The van der Waals surface area contributed by atoms with E-state index in [1.807, 2.05) is 11.8 Å². The molecule has 2 bridgehead atoms. The van der Waals surface area contributed by atoms with Crippen LogP contribution in [0.5, 0.6) is 0 Å². The fourth-order valence-electron chi connectivity index (χ4n) is 7.23. The molecule has 7 rings (SSSR count). The molecule has 3 heterocycles. The fourth-order valence-corrected chi connectivity index (χ4v) is 7.23. The molecule has 1 unspecified atom stereocenters. The Morgan fingerprint density at radius 2 is 1.74 bits per heavy atom. The second kappa shape index (κ2) is 7.16. The molecule has 6 atom stereocenters. The van der Waals surface area contributed by atoms with Crippen LogP contribution in [0.15, 0.2) is 48.5 Å². The maximum Gasteiger partial charge on any atom is 0.241 e. The minimum Gasteiger partial charge on any atom is -0.326 e. The summed E-state index contributed by atoms with van der Waals surface area (Å²) in [7, 11) is 0. The van der Waals surface area contributed by atoms with Gasteiger partial charge in [0.1, 0.15) is 6.04 Å². The highest BCUT2D eigenvalue weighted by molar-refractivity contribution is 5.89. The Hall–Kier alpha value is -3.17. The quantitative estimate of drug-likeness (QED) is 0.715. The summed E-state index contributed by atoms with van der Waals surface area (Å²) >= 11 is 0. The summed E-state index contributed by atoms with van der Waals surface area (Å²) in [4.78, 5) is 33.1. The molecule has 172 valence electrons. The van der Waals surface area contributed by atoms with Crippen LogP contribution in [-0.4, -0.2) is 63.8 Å². The van der Waals surface area contributed by atoms with Crippen LogP contribution in [-0.2, 0) is 9.59 Å². The lowest BCUT2D eigenvalue weighted by Crippen LogP contribution is -2.53. The van der Waals surface area contributed by atoms with Crippen LogP contribution in [0.4, 0.5) is 0 Å². The largest absolute Gasteiger partial charge is 0.326 e. The van der Waals surface area contributed by atoms with Crippen LogP contribution in [0.2, 0.25) is 0 Å². The first-order valence-electron chi connectivity index (χ1n) is 12.5. The number of carbonyl (C=O) groups is 2. The molecule has 3 aliphatic heterocycles. The second-order valence-corrected chi connectivity index (χ2v) is 10.8. The number of rotatable bonds is 4. The number of likely N-dealkylation sites (tertiary alicyclic amines) is 3. The van der Waals surface area contributed by atoms with Crippen molar-refractivity contribution in [1.82, 2.24) is 14.7 Å². The van der Waals surface area contributed by atoms with Crippen LogP contribution in [0, 0.1) is 23.2 Å². The number of carbonyl (C=O) groups excluding carboxylic acids is 2. The molecule has 2 aromatic carbocycles. The molecule has 2 aliphatic carbocycles. The molecule has 0 spiro atoms. The maximum absolute atomic E-state index is 13.7. The van der Waals surface area contributed by atoms with Crippen molar-refractivity contribution in [2.24, 2.45) is 11.8 Å². The Bertz CT molecular complexity index is 1210. The zero-order valence-corrected chi connectivity index (χ0v) is 19.3. The molecule has 2 aromatic rings. The molecule has 6 nitrogen and oxygen atoms in total. The van der Waals surface area contributed by atoms with E-state index in [2.05, 4.69) is 64.4 Å². The van der Waals surface area contributed by atoms with Crippen molar-refractivity contribution < 1.29 is 9.59 Å². The number of benzene rings is 2. The van der Waals surface area contributed by atoms with E-state index in [0.717, 1.165) is 25.8 Å². The minimum absolute atomic E-state index is 0.0242. The van der Waals surface area contributed by atoms with Crippen molar-refractivity contribution in [1.29, 1.82) is 5.26 Å². The molecular weight excluding hydrogens is 424 g/mol. The van der Waals surface area contributed by atoms with E-state index in [1.165, 1.54) is 22.3 Å². The average molecular weight is 453 g/mol. The highest BCUT2D eigenvalue weighted by atomic mass is 16.2. The van der Waals surface area contributed by atoms with Gasteiger partial charge in [0, 0.05) is 31.1 Å². The number of hydrogen-bond donors (Lipinski definition) is 0. The highest BCUT2D eigenvalue weighted by Gasteiger charge is 2.56. The van der Waals surface area contributed by atoms with E-state index in [4.69, 9.17) is 0 Å². The number of amides is 2. The Morgan fingerprint density at radius 3 is 2.38 bits per heavy atom. The lowest BCUT2D eigenvalue weighted by atomic mass is 10.0. The number of piperidine rings is 1. The molecule has 0 aromatic heterocycles. The minimum atomic E-state index is -0.270. The van der Waals surface area contributed by atoms with Crippen molar-refractivity contribution in [3.8, 4) is 17.2 Å². The van der Waals surface area contributed by atoms with Gasteiger partial charge in [-0.3, -0.25) is 14.5 Å². The third-order valence-electron chi connectivity index (χ3n) is 8.83. The Balaban J connectivity index is 1.10. The van der Waals surface area contributed by atoms with Crippen molar-refractivity contribution >= 4 is 11.8 Å². The molecule has 1 saturated carbocycles. The molecule has 0 radical (unpaired) electrons. The lowest BCUT2D eigenvalue weighted by molar-refractivity contribution is -0.142. The first-order valence-corrected chi connectivity index (χ1v) is 12.5. The molecule has 5 aliphatic rings. The highest BCUT2D eigenvalue weighted by Crippen LogP contribution is 2.51. The van der Waals surface area contributed by atoms with E-state index in [-0.39, 0.29) is 47.9 Å². The Morgan fingerprint density at radius 1 is 1.06 bits per heavy atom. The standard InChI is InChI=1S/C28H28N4O2/c1-16(27(33)31-18(13-29)10-17-11-24(17)31)14-30-15-19-12-25(30)28(34)32(19)26-22-8-4-2-6-20(22)21-7-3-5-9-23(21)26/h2-9,16-19,24-26H,10-12,14-15H2,1H3/t16-,17+,18-,19+,24?,25+/m0/s1. The van der Waals surface area contributed by atoms with Gasteiger partial charge in [-0.25, -0.2) is 0 Å². The monoisotopic (exact) mass is 452 g/mol. The SMILES string of the molecule is C[C@@H](CN1C[C@H]2C[C@@H]1C(=O)N2C1c2ccccc2-c2ccccc21)C(=O)N1C2C[C@H]2C[C@H]1C#N. The van der Waals surface area contributed by atoms with Gasteiger partial charge in [0.25, 0.3) is 0 Å². The Labute approximate surface area is 199 Å². The van der Waals surface area contributed by atoms with Crippen molar-refractivity contribution in [2.45, 2.75) is 56.4 Å². The number of nitriles is 1. The van der Waals surface area contributed by atoms with Gasteiger partial charge >= 0.3 is 0 Å². The van der Waals surface area contributed by atoms with Gasteiger partial charge in [-0.15, -0.1) is 0 Å². The fraction of sp³-hybridized carbons (Fsp3) is 0.464. The molecule has 2 amide bonds. The van der Waals surface area contributed by atoms with Gasteiger partial charge in [-0.2, -0.15) is 5.26 Å². The zero-order valence-electron chi connectivity index (χ0n) is 19.3. The first kappa shape index (κ1) is 20.2. The molecule has 4 fully saturated rings. The summed E-state index contributed by atoms with van der Waals surface area (Å²) < 4.78 is 0. The van der Waals surface area contributed by atoms with E-state index < -0.39 is 0 Å². The summed E-state index contributed by atoms with van der Waals surface area (Å²) in [6, 6.07) is 19.2. The second-order valence-electron chi connectivity index (χ2n) is 10.8. The van der Waals surface area contributed by atoms with Crippen LogP contribution >= 0.6 is 0 Å². The van der Waals surface area contributed by atoms with E-state index >= 15 is 0 Å². The summed E-state index contributed by atoms with van der Waals surface area (Å²) in [5, 5.41) is 9.48. The van der Waals surface area contributed by atoms with Crippen LogP contribution in [0.25, 0.3) is 11.1 Å². The lowest BCUT2D eigenvalue weighted by Gasteiger charge is -2.39. The topological polar surface area (TPSA) is 67.7 Å². The van der Waals surface area contributed by atoms with Crippen LogP contribution in [0.1, 0.15) is 43.4 Å².